The van der Waals surface area contributed by atoms with Gasteiger partial charge < -0.3 is 10.2 Å². The number of anilines is 1. The molecule has 0 aromatic heterocycles. The zero-order valence-electron chi connectivity index (χ0n) is 15.4. The van der Waals surface area contributed by atoms with Crippen molar-refractivity contribution in [1.29, 1.82) is 0 Å². The van der Waals surface area contributed by atoms with Crippen LogP contribution in [0.3, 0.4) is 0 Å². The van der Waals surface area contributed by atoms with Crippen LogP contribution >= 0.6 is 12.4 Å². The van der Waals surface area contributed by atoms with Gasteiger partial charge in [-0.25, -0.2) is 8.42 Å². The van der Waals surface area contributed by atoms with E-state index in [0.717, 1.165) is 19.4 Å². The number of sulfonamides is 1. The lowest BCUT2D eigenvalue weighted by molar-refractivity contribution is 0.0748. The van der Waals surface area contributed by atoms with Gasteiger partial charge in [-0.2, -0.15) is 0 Å². The van der Waals surface area contributed by atoms with Gasteiger partial charge in [-0.1, -0.05) is 18.2 Å². The highest BCUT2D eigenvalue weighted by atomic mass is 35.5. The molecule has 2 aliphatic rings. The highest BCUT2D eigenvalue weighted by molar-refractivity contribution is 7.92. The molecule has 4 rings (SSSR count). The van der Waals surface area contributed by atoms with Crippen LogP contribution < -0.4 is 10.0 Å². The van der Waals surface area contributed by atoms with Crippen molar-refractivity contribution in [2.75, 3.05) is 17.8 Å². The molecule has 28 heavy (non-hydrogen) atoms. The number of halogens is 1. The predicted molar refractivity (Wildman–Crippen MR) is 111 cm³/mol. The minimum absolute atomic E-state index is 0. The molecule has 1 amide bonds. The molecule has 2 heterocycles. The quantitative estimate of drug-likeness (QED) is 0.795. The number of likely N-dealkylation sites (tertiary alicyclic amines) is 1. The monoisotopic (exact) mass is 421 g/mol. The summed E-state index contributed by atoms with van der Waals surface area (Å²) >= 11 is 0. The fourth-order valence-electron chi connectivity index (χ4n) is 3.81. The van der Waals surface area contributed by atoms with Crippen molar-refractivity contribution in [3.05, 3.63) is 60.2 Å². The Hall–Kier alpha value is -2.09. The molecule has 2 fully saturated rings. The SMILES string of the molecule is Cl.O=C(c1ccc(S(=O)(=O)Nc2ccccc2)cc1)N1CCC2CCC(C1)N2. The van der Waals surface area contributed by atoms with E-state index in [2.05, 4.69) is 10.0 Å². The molecule has 0 radical (unpaired) electrons. The van der Waals surface area contributed by atoms with Gasteiger partial charge in [0.05, 0.1) is 4.90 Å². The van der Waals surface area contributed by atoms with Crippen molar-refractivity contribution in [1.82, 2.24) is 10.2 Å². The van der Waals surface area contributed by atoms with Crippen LogP contribution in [0, 0.1) is 0 Å². The highest BCUT2D eigenvalue weighted by Crippen LogP contribution is 2.22. The number of hydrogen-bond donors (Lipinski definition) is 2. The van der Waals surface area contributed by atoms with Crippen LogP contribution in [0.4, 0.5) is 5.69 Å². The van der Waals surface area contributed by atoms with Crippen molar-refractivity contribution in [3.8, 4) is 0 Å². The zero-order valence-corrected chi connectivity index (χ0v) is 17.0. The number of amides is 1. The molecule has 150 valence electrons. The number of nitrogens with one attached hydrogen (secondary N) is 2. The molecular weight excluding hydrogens is 398 g/mol. The first-order valence-electron chi connectivity index (χ1n) is 9.24. The first-order valence-corrected chi connectivity index (χ1v) is 10.7. The molecule has 2 aromatic rings. The van der Waals surface area contributed by atoms with Crippen LogP contribution in [0.5, 0.6) is 0 Å². The fraction of sp³-hybridized carbons (Fsp3) is 0.350. The molecule has 2 N–H and O–H groups in total. The average Bonchev–Trinajstić information content (AvgIpc) is 3.00. The summed E-state index contributed by atoms with van der Waals surface area (Å²) in [5, 5.41) is 3.56. The maximum absolute atomic E-state index is 12.8. The fourth-order valence-corrected chi connectivity index (χ4v) is 4.87. The Kier molecular flexibility index (Phi) is 6.27. The van der Waals surface area contributed by atoms with E-state index >= 15 is 0 Å². The van der Waals surface area contributed by atoms with Gasteiger partial charge in [0.25, 0.3) is 15.9 Å². The molecule has 2 saturated heterocycles. The third-order valence-electron chi connectivity index (χ3n) is 5.25. The van der Waals surface area contributed by atoms with Crippen molar-refractivity contribution in [3.63, 3.8) is 0 Å². The third-order valence-corrected chi connectivity index (χ3v) is 6.65. The molecule has 2 bridgehead atoms. The van der Waals surface area contributed by atoms with Crippen LogP contribution in [-0.2, 0) is 10.0 Å². The van der Waals surface area contributed by atoms with Gasteiger partial charge in [-0.05, 0) is 55.7 Å². The second kappa shape index (κ2) is 8.51. The molecule has 8 heteroatoms. The predicted octanol–water partition coefficient (Wildman–Crippen LogP) is 2.88. The third kappa shape index (κ3) is 4.48. The number of para-hydroxylation sites is 1. The Morgan fingerprint density at radius 2 is 1.64 bits per heavy atom. The molecule has 0 aliphatic carbocycles. The summed E-state index contributed by atoms with van der Waals surface area (Å²) in [6.45, 7) is 1.45. The smallest absolute Gasteiger partial charge is 0.261 e. The van der Waals surface area contributed by atoms with Gasteiger partial charge in [0, 0.05) is 36.4 Å². The van der Waals surface area contributed by atoms with Crippen LogP contribution in [0.1, 0.15) is 29.6 Å². The molecule has 2 aromatic carbocycles. The minimum Gasteiger partial charge on any atom is -0.337 e. The standard InChI is InChI=1S/C20H23N3O3S.ClH/c24-20(23-13-12-16-8-9-18(14-23)21-16)15-6-10-19(11-7-15)27(25,26)22-17-4-2-1-3-5-17;/h1-7,10-11,16,18,21-22H,8-9,12-14H2;1H. The Balaban J connectivity index is 0.00000225. The van der Waals surface area contributed by atoms with E-state index in [1.165, 1.54) is 18.6 Å². The Labute approximate surface area is 171 Å². The number of carbonyl (C=O) groups excluding carboxylic acids is 1. The number of hydrogen-bond acceptors (Lipinski definition) is 4. The maximum Gasteiger partial charge on any atom is 0.261 e. The maximum atomic E-state index is 12.8. The van der Waals surface area contributed by atoms with Gasteiger partial charge in [-0.3, -0.25) is 9.52 Å². The van der Waals surface area contributed by atoms with Gasteiger partial charge in [0.2, 0.25) is 0 Å². The Bertz CT molecular complexity index is 919. The van der Waals surface area contributed by atoms with Gasteiger partial charge in [-0.15, -0.1) is 12.4 Å². The highest BCUT2D eigenvalue weighted by Gasteiger charge is 2.31. The molecule has 6 nitrogen and oxygen atoms in total. The largest absolute Gasteiger partial charge is 0.337 e. The van der Waals surface area contributed by atoms with Gasteiger partial charge >= 0.3 is 0 Å². The number of fused-ring (bicyclic) bond motifs is 2. The number of nitrogens with zero attached hydrogens (tertiary/aromatic N) is 1. The minimum atomic E-state index is -3.68. The zero-order chi connectivity index (χ0) is 18.9. The van der Waals surface area contributed by atoms with E-state index in [1.54, 1.807) is 36.4 Å². The lowest BCUT2D eigenvalue weighted by Gasteiger charge is -2.24. The normalized spacial score (nSPS) is 21.5. The van der Waals surface area contributed by atoms with E-state index in [-0.39, 0.29) is 23.2 Å². The van der Waals surface area contributed by atoms with Crippen LogP contribution in [-0.4, -0.2) is 44.4 Å². The molecule has 0 saturated carbocycles. The van der Waals surface area contributed by atoms with E-state index in [4.69, 9.17) is 0 Å². The molecular formula is C20H24ClN3O3S. The second-order valence-electron chi connectivity index (χ2n) is 7.17. The van der Waals surface area contributed by atoms with Gasteiger partial charge in [0.1, 0.15) is 0 Å². The van der Waals surface area contributed by atoms with E-state index in [1.807, 2.05) is 11.0 Å². The van der Waals surface area contributed by atoms with Crippen LogP contribution in [0.15, 0.2) is 59.5 Å². The average molecular weight is 422 g/mol. The Morgan fingerprint density at radius 3 is 2.36 bits per heavy atom. The summed E-state index contributed by atoms with van der Waals surface area (Å²) in [5.41, 5.74) is 1.02. The summed E-state index contributed by atoms with van der Waals surface area (Å²) in [6.07, 6.45) is 3.26. The molecule has 2 atom stereocenters. The summed E-state index contributed by atoms with van der Waals surface area (Å²) < 4.78 is 27.5. The van der Waals surface area contributed by atoms with Crippen molar-refractivity contribution < 1.29 is 13.2 Å². The molecule has 2 aliphatic heterocycles. The summed E-state index contributed by atoms with van der Waals surface area (Å²) in [5.74, 6) is -0.0377. The first-order chi connectivity index (χ1) is 13.0. The molecule has 2 unspecified atom stereocenters. The summed E-state index contributed by atoms with van der Waals surface area (Å²) in [6, 6.07) is 15.8. The number of carbonyl (C=O) groups is 1. The molecule has 0 spiro atoms. The Morgan fingerprint density at radius 1 is 0.964 bits per heavy atom. The summed E-state index contributed by atoms with van der Waals surface area (Å²) in [4.78, 5) is 14.8. The van der Waals surface area contributed by atoms with Gasteiger partial charge in [0.15, 0.2) is 0 Å². The number of benzene rings is 2. The lowest BCUT2D eigenvalue weighted by atomic mass is 10.1. The number of rotatable bonds is 4. The van der Waals surface area contributed by atoms with Crippen LogP contribution in [0.2, 0.25) is 0 Å². The van der Waals surface area contributed by atoms with Crippen molar-refractivity contribution in [2.24, 2.45) is 0 Å². The first kappa shape index (κ1) is 20.6. The topological polar surface area (TPSA) is 78.5 Å². The van der Waals surface area contributed by atoms with Crippen molar-refractivity contribution in [2.45, 2.75) is 36.2 Å². The summed E-state index contributed by atoms with van der Waals surface area (Å²) in [7, 11) is -3.68. The van der Waals surface area contributed by atoms with E-state index in [0.29, 0.717) is 29.9 Å². The van der Waals surface area contributed by atoms with E-state index in [9.17, 15) is 13.2 Å². The lowest BCUT2D eigenvalue weighted by Crippen LogP contribution is -2.39. The van der Waals surface area contributed by atoms with E-state index < -0.39 is 10.0 Å². The van der Waals surface area contributed by atoms with Crippen molar-refractivity contribution >= 4 is 34.0 Å². The second-order valence-corrected chi connectivity index (χ2v) is 8.86. The van der Waals surface area contributed by atoms with Crippen LogP contribution in [0.25, 0.3) is 0 Å².